The van der Waals surface area contributed by atoms with Crippen LogP contribution in [-0.4, -0.2) is 26.6 Å². The van der Waals surface area contributed by atoms with Crippen LogP contribution in [0.15, 0.2) is 36.7 Å². The minimum atomic E-state index is -0.523. The molecule has 0 aliphatic rings. The topological polar surface area (TPSA) is 102 Å². The number of nitrogens with one attached hydrogen (secondary N) is 1. The van der Waals surface area contributed by atoms with Gasteiger partial charge in [-0.25, -0.2) is 9.97 Å². The lowest BCUT2D eigenvalue weighted by Gasteiger charge is -2.07. The highest BCUT2D eigenvalue weighted by atomic mass is 16.1. The zero-order valence-corrected chi connectivity index (χ0v) is 14.0. The van der Waals surface area contributed by atoms with E-state index in [4.69, 9.17) is 5.73 Å². The summed E-state index contributed by atoms with van der Waals surface area (Å²) in [6, 6.07) is 5.57. The standard InChI is InChI=1S/C19H18N4O2/c1-3-16(24)12-4-6-14(11(2)8-12)15-10-22-19-18(23-15)13(9-21-19)5-7-17(20)25/h4-10H,3H2,1-2H3,(H2,20,25)(H,21,22)/b7-5+. The largest absolute Gasteiger partial charge is 0.366 e. The normalized spacial score (nSPS) is 11.3. The van der Waals surface area contributed by atoms with Crippen molar-refractivity contribution in [1.29, 1.82) is 0 Å². The van der Waals surface area contributed by atoms with Crippen LogP contribution in [0.3, 0.4) is 0 Å². The summed E-state index contributed by atoms with van der Waals surface area (Å²) < 4.78 is 0. The molecule has 0 bridgehead atoms. The number of aromatic amines is 1. The first kappa shape index (κ1) is 16.6. The molecule has 0 fully saturated rings. The molecule has 0 saturated heterocycles. The lowest BCUT2D eigenvalue weighted by molar-refractivity contribution is -0.113. The number of carbonyl (C=O) groups is 2. The molecule has 3 rings (SSSR count). The molecule has 6 nitrogen and oxygen atoms in total. The molecule has 126 valence electrons. The number of hydrogen-bond acceptors (Lipinski definition) is 4. The van der Waals surface area contributed by atoms with Gasteiger partial charge in [-0.1, -0.05) is 19.1 Å². The second-order valence-corrected chi connectivity index (χ2v) is 5.74. The van der Waals surface area contributed by atoms with Crippen LogP contribution in [-0.2, 0) is 4.79 Å². The van der Waals surface area contributed by atoms with Crippen molar-refractivity contribution in [2.45, 2.75) is 20.3 Å². The van der Waals surface area contributed by atoms with Crippen molar-refractivity contribution in [3.8, 4) is 11.3 Å². The number of benzene rings is 1. The lowest BCUT2D eigenvalue weighted by Crippen LogP contribution is -2.05. The van der Waals surface area contributed by atoms with Crippen LogP contribution in [0.2, 0.25) is 0 Å². The average molecular weight is 334 g/mol. The van der Waals surface area contributed by atoms with Crippen molar-refractivity contribution in [3.63, 3.8) is 0 Å². The van der Waals surface area contributed by atoms with E-state index >= 15 is 0 Å². The summed E-state index contributed by atoms with van der Waals surface area (Å²) in [7, 11) is 0. The Hall–Kier alpha value is -3.28. The number of primary amides is 1. The van der Waals surface area contributed by atoms with Crippen molar-refractivity contribution >= 4 is 28.9 Å². The third-order valence-electron chi connectivity index (χ3n) is 3.98. The molecule has 6 heteroatoms. The molecule has 1 amide bonds. The van der Waals surface area contributed by atoms with Crippen LogP contribution in [0.25, 0.3) is 28.5 Å². The minimum absolute atomic E-state index is 0.112. The van der Waals surface area contributed by atoms with Gasteiger partial charge in [0.15, 0.2) is 11.4 Å². The Kier molecular flexibility index (Phi) is 4.43. The Morgan fingerprint density at radius 1 is 1.32 bits per heavy atom. The van der Waals surface area contributed by atoms with E-state index in [-0.39, 0.29) is 5.78 Å². The molecule has 3 N–H and O–H groups in total. The van der Waals surface area contributed by atoms with E-state index in [0.29, 0.717) is 28.8 Å². The highest BCUT2D eigenvalue weighted by Crippen LogP contribution is 2.25. The number of hydrogen-bond donors (Lipinski definition) is 2. The van der Waals surface area contributed by atoms with Gasteiger partial charge in [0, 0.05) is 35.4 Å². The van der Waals surface area contributed by atoms with E-state index in [0.717, 1.165) is 16.7 Å². The van der Waals surface area contributed by atoms with E-state index in [2.05, 4.69) is 15.0 Å². The van der Waals surface area contributed by atoms with Gasteiger partial charge in [0.1, 0.15) is 5.52 Å². The molecule has 0 atom stereocenters. The van der Waals surface area contributed by atoms with E-state index in [9.17, 15) is 9.59 Å². The summed E-state index contributed by atoms with van der Waals surface area (Å²) in [6.45, 7) is 3.79. The fourth-order valence-corrected chi connectivity index (χ4v) is 2.67. The van der Waals surface area contributed by atoms with E-state index in [1.54, 1.807) is 18.5 Å². The monoisotopic (exact) mass is 334 g/mol. The smallest absolute Gasteiger partial charge is 0.241 e. The van der Waals surface area contributed by atoms with Crippen LogP contribution in [0, 0.1) is 6.92 Å². The molecule has 0 radical (unpaired) electrons. The van der Waals surface area contributed by atoms with Crippen LogP contribution >= 0.6 is 0 Å². The first-order chi connectivity index (χ1) is 12.0. The molecular weight excluding hydrogens is 316 g/mol. The summed E-state index contributed by atoms with van der Waals surface area (Å²) in [5.74, 6) is -0.411. The van der Waals surface area contributed by atoms with Gasteiger partial charge >= 0.3 is 0 Å². The third kappa shape index (κ3) is 3.33. The number of fused-ring (bicyclic) bond motifs is 1. The maximum absolute atomic E-state index is 11.8. The Labute approximate surface area is 144 Å². The Morgan fingerprint density at radius 3 is 2.80 bits per heavy atom. The highest BCUT2D eigenvalue weighted by Gasteiger charge is 2.11. The average Bonchev–Trinajstić information content (AvgIpc) is 3.01. The molecule has 0 unspecified atom stereocenters. The molecule has 0 aliphatic heterocycles. The van der Waals surface area contributed by atoms with E-state index in [1.807, 2.05) is 32.0 Å². The predicted octanol–water partition coefficient (Wildman–Crippen LogP) is 3.02. The summed E-state index contributed by atoms with van der Waals surface area (Å²) in [5, 5.41) is 0. The SMILES string of the molecule is CCC(=O)c1ccc(-c2cnc3[nH]cc(/C=C/C(N)=O)c3n2)c(C)c1. The molecule has 2 aromatic heterocycles. The molecule has 25 heavy (non-hydrogen) atoms. The number of aromatic nitrogens is 3. The Balaban J connectivity index is 2.06. The molecule has 2 heterocycles. The van der Waals surface area contributed by atoms with Crippen molar-refractivity contribution in [2.24, 2.45) is 5.73 Å². The quantitative estimate of drug-likeness (QED) is 0.553. The first-order valence-electron chi connectivity index (χ1n) is 7.95. The maximum atomic E-state index is 11.8. The summed E-state index contributed by atoms with van der Waals surface area (Å²) in [4.78, 5) is 34.8. The number of Topliss-reactive ketones (excluding diaryl/α,β-unsaturated/α-hetero) is 1. The molecule has 1 aromatic carbocycles. The third-order valence-corrected chi connectivity index (χ3v) is 3.98. The van der Waals surface area contributed by atoms with Crippen molar-refractivity contribution < 1.29 is 9.59 Å². The zero-order chi connectivity index (χ0) is 18.0. The molecule has 0 saturated carbocycles. The molecule has 0 aliphatic carbocycles. The predicted molar refractivity (Wildman–Crippen MR) is 96.9 cm³/mol. The summed E-state index contributed by atoms with van der Waals surface area (Å²) in [5.41, 5.74) is 10.4. The van der Waals surface area contributed by atoms with Gasteiger partial charge in [-0.3, -0.25) is 9.59 Å². The van der Waals surface area contributed by atoms with Gasteiger partial charge in [0.05, 0.1) is 11.9 Å². The number of aryl methyl sites for hydroxylation is 1. The van der Waals surface area contributed by atoms with E-state index < -0.39 is 5.91 Å². The van der Waals surface area contributed by atoms with Crippen LogP contribution < -0.4 is 5.73 Å². The van der Waals surface area contributed by atoms with Crippen molar-refractivity contribution in [3.05, 3.63) is 53.4 Å². The number of nitrogens with zero attached hydrogens (tertiary/aromatic N) is 2. The van der Waals surface area contributed by atoms with Crippen molar-refractivity contribution in [2.75, 3.05) is 0 Å². The maximum Gasteiger partial charge on any atom is 0.241 e. The molecule has 0 spiro atoms. The molecular formula is C19H18N4O2. The fraction of sp³-hybridized carbons (Fsp3) is 0.158. The van der Waals surface area contributed by atoms with E-state index in [1.165, 1.54) is 6.08 Å². The van der Waals surface area contributed by atoms with Gasteiger partial charge < -0.3 is 10.7 Å². The van der Waals surface area contributed by atoms with Crippen LogP contribution in [0.5, 0.6) is 0 Å². The van der Waals surface area contributed by atoms with Crippen LogP contribution in [0.1, 0.15) is 34.8 Å². The van der Waals surface area contributed by atoms with Gasteiger partial charge in [-0.2, -0.15) is 0 Å². The van der Waals surface area contributed by atoms with Crippen LogP contribution in [0.4, 0.5) is 0 Å². The Bertz CT molecular complexity index is 1000. The Morgan fingerprint density at radius 2 is 2.12 bits per heavy atom. The van der Waals surface area contributed by atoms with Gasteiger partial charge in [-0.05, 0) is 24.6 Å². The number of nitrogens with two attached hydrogens (primary N) is 1. The second kappa shape index (κ2) is 6.68. The zero-order valence-electron chi connectivity index (χ0n) is 14.0. The summed E-state index contributed by atoms with van der Waals surface area (Å²) in [6.07, 6.45) is 6.78. The van der Waals surface area contributed by atoms with Gasteiger partial charge in [0.25, 0.3) is 0 Å². The highest BCUT2D eigenvalue weighted by molar-refractivity contribution is 5.97. The number of carbonyl (C=O) groups excluding carboxylic acids is 2. The number of H-pyrrole nitrogens is 1. The molecule has 3 aromatic rings. The number of ketones is 1. The van der Waals surface area contributed by atoms with Gasteiger partial charge in [-0.15, -0.1) is 0 Å². The second-order valence-electron chi connectivity index (χ2n) is 5.74. The van der Waals surface area contributed by atoms with Gasteiger partial charge in [0.2, 0.25) is 5.91 Å². The first-order valence-corrected chi connectivity index (χ1v) is 7.95. The fourth-order valence-electron chi connectivity index (χ4n) is 2.67. The number of amides is 1. The lowest BCUT2D eigenvalue weighted by atomic mass is 10.00. The minimum Gasteiger partial charge on any atom is -0.366 e. The number of rotatable bonds is 5. The van der Waals surface area contributed by atoms with Crippen molar-refractivity contribution in [1.82, 2.24) is 15.0 Å². The summed E-state index contributed by atoms with van der Waals surface area (Å²) >= 11 is 0.